The van der Waals surface area contributed by atoms with Crippen molar-refractivity contribution in [2.75, 3.05) is 13.7 Å². The summed E-state index contributed by atoms with van der Waals surface area (Å²) in [6.07, 6.45) is 10.8. The van der Waals surface area contributed by atoms with Gasteiger partial charge in [0.15, 0.2) is 0 Å². The number of nitrogens with one attached hydrogen (secondary N) is 1. The van der Waals surface area contributed by atoms with Crippen molar-refractivity contribution in [3.63, 3.8) is 0 Å². The predicted molar refractivity (Wildman–Crippen MR) is 140 cm³/mol. The smallest absolute Gasteiger partial charge is 0.326 e. The first-order valence-corrected chi connectivity index (χ1v) is 13.7. The van der Waals surface area contributed by atoms with Crippen molar-refractivity contribution in [2.45, 2.75) is 88.2 Å². The molecule has 2 aromatic rings. The highest BCUT2D eigenvalue weighted by molar-refractivity contribution is 5.94. The van der Waals surface area contributed by atoms with E-state index in [9.17, 15) is 14.7 Å². The first-order chi connectivity index (χ1) is 18.0. The Morgan fingerprint density at radius 3 is 2.73 bits per heavy atom. The maximum Gasteiger partial charge on any atom is 0.326 e. The van der Waals surface area contributed by atoms with E-state index in [0.29, 0.717) is 31.1 Å². The second-order valence-electron chi connectivity index (χ2n) is 11.0. The minimum Gasteiger partial charge on any atom is -0.497 e. The third-order valence-corrected chi connectivity index (χ3v) is 8.41. The van der Waals surface area contributed by atoms with Crippen LogP contribution < -0.4 is 10.1 Å². The molecule has 1 heterocycles. The molecule has 0 aliphatic heterocycles. The fraction of sp³-hybridized carbons (Fsp3) is 0.567. The van der Waals surface area contributed by atoms with Crippen LogP contribution in [0.4, 0.5) is 0 Å². The van der Waals surface area contributed by atoms with Crippen LogP contribution in [0.15, 0.2) is 36.4 Å². The number of methoxy groups -OCH3 is 1. The van der Waals surface area contributed by atoms with Gasteiger partial charge in [0.05, 0.1) is 18.6 Å². The number of pyridine rings is 1. The van der Waals surface area contributed by atoms with E-state index in [4.69, 9.17) is 14.5 Å². The van der Waals surface area contributed by atoms with E-state index < -0.39 is 17.4 Å². The second-order valence-corrected chi connectivity index (χ2v) is 11.0. The van der Waals surface area contributed by atoms with Crippen LogP contribution in [0.25, 0.3) is 0 Å². The number of hydrogen-bond donors (Lipinski definition) is 2. The van der Waals surface area contributed by atoms with E-state index in [1.54, 1.807) is 7.11 Å². The molecule has 2 saturated carbocycles. The van der Waals surface area contributed by atoms with Crippen molar-refractivity contribution < 1.29 is 24.2 Å². The minimum absolute atomic E-state index is 0.179. The molecular weight excluding hydrogens is 468 g/mol. The number of benzene rings is 1. The van der Waals surface area contributed by atoms with Gasteiger partial charge in [-0.3, -0.25) is 9.78 Å². The summed E-state index contributed by atoms with van der Waals surface area (Å²) in [6.45, 7) is 0.327. The number of aliphatic carboxylic acids is 1. The number of nitrogens with zero attached hydrogens (tertiary/aromatic N) is 1. The minimum atomic E-state index is -1.03. The first kappa shape index (κ1) is 25.7. The molecule has 198 valence electrons. The van der Waals surface area contributed by atoms with Gasteiger partial charge >= 0.3 is 5.97 Å². The van der Waals surface area contributed by atoms with Gasteiger partial charge in [0, 0.05) is 24.4 Å². The number of carboxylic acid groups (broad SMARTS) is 1. The number of aromatic nitrogens is 1. The van der Waals surface area contributed by atoms with E-state index in [-0.39, 0.29) is 18.4 Å². The van der Waals surface area contributed by atoms with E-state index in [2.05, 4.69) is 17.4 Å². The Labute approximate surface area is 219 Å². The van der Waals surface area contributed by atoms with E-state index in [1.807, 2.05) is 24.3 Å². The molecule has 5 rings (SSSR count). The van der Waals surface area contributed by atoms with Crippen LogP contribution >= 0.6 is 0 Å². The zero-order chi connectivity index (χ0) is 25.8. The van der Waals surface area contributed by atoms with Gasteiger partial charge in [-0.2, -0.15) is 0 Å². The van der Waals surface area contributed by atoms with Crippen molar-refractivity contribution >= 4 is 11.9 Å². The number of carboxylic acids is 1. The molecule has 0 spiro atoms. The molecule has 3 aliphatic rings. The summed E-state index contributed by atoms with van der Waals surface area (Å²) in [5, 5.41) is 12.5. The first-order valence-electron chi connectivity index (χ1n) is 13.7. The average Bonchev–Trinajstić information content (AvgIpc) is 3.71. The Balaban J connectivity index is 1.03. The highest BCUT2D eigenvalue weighted by atomic mass is 16.5. The third kappa shape index (κ3) is 5.98. The average molecular weight is 507 g/mol. The van der Waals surface area contributed by atoms with Gasteiger partial charge in [0.2, 0.25) is 5.91 Å². The summed E-state index contributed by atoms with van der Waals surface area (Å²) < 4.78 is 11.3. The monoisotopic (exact) mass is 506 g/mol. The molecule has 7 heteroatoms. The normalized spacial score (nSPS) is 22.3. The summed E-state index contributed by atoms with van der Waals surface area (Å²) in [5.41, 5.74) is 4.14. The van der Waals surface area contributed by atoms with Gasteiger partial charge < -0.3 is 19.9 Å². The van der Waals surface area contributed by atoms with Gasteiger partial charge in [-0.15, -0.1) is 0 Å². The Kier molecular flexibility index (Phi) is 7.79. The van der Waals surface area contributed by atoms with Gasteiger partial charge in [0.25, 0.3) is 0 Å². The number of fused-ring (bicyclic) bond motifs is 1. The molecule has 2 fully saturated rings. The fourth-order valence-electron chi connectivity index (χ4n) is 5.76. The van der Waals surface area contributed by atoms with Crippen molar-refractivity contribution in [1.29, 1.82) is 0 Å². The topological polar surface area (TPSA) is 97.8 Å². The molecular formula is C30H38N2O5. The van der Waals surface area contributed by atoms with Crippen LogP contribution in [-0.2, 0) is 39.0 Å². The maximum absolute atomic E-state index is 13.1. The number of carbonyl (C=O) groups excluding carboxylic acids is 1. The Morgan fingerprint density at radius 2 is 1.97 bits per heavy atom. The molecule has 2 N–H and O–H groups in total. The summed E-state index contributed by atoms with van der Waals surface area (Å²) >= 11 is 0. The van der Waals surface area contributed by atoms with Crippen molar-refractivity contribution in [3.8, 4) is 5.75 Å². The summed E-state index contributed by atoms with van der Waals surface area (Å²) in [4.78, 5) is 29.8. The van der Waals surface area contributed by atoms with Crippen molar-refractivity contribution in [2.24, 2.45) is 5.92 Å². The zero-order valence-electron chi connectivity index (χ0n) is 21.7. The summed E-state index contributed by atoms with van der Waals surface area (Å²) in [5.74, 6) is 0.0722. The van der Waals surface area contributed by atoms with E-state index in [1.165, 1.54) is 36.2 Å². The largest absolute Gasteiger partial charge is 0.497 e. The van der Waals surface area contributed by atoms with E-state index >= 15 is 0 Å². The quantitative estimate of drug-likeness (QED) is 0.443. The molecule has 0 saturated heterocycles. The fourth-order valence-corrected chi connectivity index (χ4v) is 5.76. The SMILES string of the molecule is COc1cccc(C2(C(=O)NC(CCOC3CC(CCc4ccc5c(n4)CCCC5)C3)C(=O)O)CC2)c1. The Morgan fingerprint density at radius 1 is 1.16 bits per heavy atom. The number of ether oxygens (including phenoxy) is 2. The molecule has 1 amide bonds. The van der Waals surface area contributed by atoms with Crippen LogP contribution in [0, 0.1) is 5.92 Å². The van der Waals surface area contributed by atoms with Gasteiger partial charge in [-0.25, -0.2) is 4.79 Å². The lowest BCUT2D eigenvalue weighted by molar-refractivity contribution is -0.143. The van der Waals surface area contributed by atoms with Gasteiger partial charge in [-0.1, -0.05) is 18.2 Å². The van der Waals surface area contributed by atoms with Crippen LogP contribution in [0.2, 0.25) is 0 Å². The number of carbonyl (C=O) groups is 2. The number of aryl methyl sites for hydroxylation is 3. The Hall–Kier alpha value is -2.93. The van der Waals surface area contributed by atoms with Crippen LogP contribution in [0.5, 0.6) is 5.75 Å². The zero-order valence-corrected chi connectivity index (χ0v) is 21.7. The number of amides is 1. The van der Waals surface area contributed by atoms with E-state index in [0.717, 1.165) is 37.7 Å². The third-order valence-electron chi connectivity index (χ3n) is 8.41. The summed E-state index contributed by atoms with van der Waals surface area (Å²) in [6, 6.07) is 11.0. The highest BCUT2D eigenvalue weighted by Gasteiger charge is 2.52. The second kappa shape index (κ2) is 11.2. The lowest BCUT2D eigenvalue weighted by Gasteiger charge is -2.35. The maximum atomic E-state index is 13.1. The molecule has 1 aromatic carbocycles. The van der Waals surface area contributed by atoms with Gasteiger partial charge in [0.1, 0.15) is 11.8 Å². The molecule has 1 atom stereocenters. The molecule has 1 unspecified atom stereocenters. The van der Waals surface area contributed by atoms with Crippen LogP contribution in [0.3, 0.4) is 0 Å². The van der Waals surface area contributed by atoms with Crippen LogP contribution in [-0.4, -0.2) is 47.8 Å². The van der Waals surface area contributed by atoms with Crippen molar-refractivity contribution in [3.05, 3.63) is 58.9 Å². The van der Waals surface area contributed by atoms with Crippen LogP contribution in [0.1, 0.15) is 73.9 Å². The standard InChI is InChI=1S/C30H38N2O5/c1-36-24-7-4-6-22(19-24)30(14-15-30)29(35)32-27(28(33)34)13-16-37-25-17-20(18-25)9-11-23-12-10-21-5-2-3-8-26(21)31-23/h4,6-7,10,12,19-20,25,27H,2-3,5,8-9,11,13-18H2,1H3,(H,32,35)(H,33,34). The molecule has 0 radical (unpaired) electrons. The Bertz CT molecular complexity index is 1120. The highest BCUT2D eigenvalue weighted by Crippen LogP contribution is 2.49. The lowest BCUT2D eigenvalue weighted by atomic mass is 9.79. The lowest BCUT2D eigenvalue weighted by Crippen LogP contribution is -2.46. The molecule has 37 heavy (non-hydrogen) atoms. The number of rotatable bonds is 12. The van der Waals surface area contributed by atoms with Gasteiger partial charge in [-0.05, 0) is 99.5 Å². The molecule has 0 bridgehead atoms. The molecule has 1 aromatic heterocycles. The number of hydrogen-bond acceptors (Lipinski definition) is 5. The summed E-state index contributed by atoms with van der Waals surface area (Å²) in [7, 11) is 1.59. The molecule has 7 nitrogen and oxygen atoms in total. The molecule has 3 aliphatic carbocycles. The predicted octanol–water partition coefficient (Wildman–Crippen LogP) is 4.39. The van der Waals surface area contributed by atoms with Crippen molar-refractivity contribution in [1.82, 2.24) is 10.3 Å².